The zero-order valence-corrected chi connectivity index (χ0v) is 38.6. The Hall–Kier alpha value is -6.19. The number of tetrazole rings is 1. The molecule has 3 aliphatic rings. The van der Waals surface area contributed by atoms with Crippen molar-refractivity contribution in [2.45, 2.75) is 142 Å². The molecule has 7 rings (SSSR count). The molecule has 2 saturated heterocycles. The van der Waals surface area contributed by atoms with E-state index < -0.39 is 23.2 Å². The van der Waals surface area contributed by atoms with Gasteiger partial charge in [-0.25, -0.2) is 9.59 Å². The lowest BCUT2D eigenvalue weighted by atomic mass is 9.77. The summed E-state index contributed by atoms with van der Waals surface area (Å²) in [6, 6.07) is 16.9. The highest BCUT2D eigenvalue weighted by Gasteiger charge is 2.45. The predicted octanol–water partition coefficient (Wildman–Crippen LogP) is 7.99. The number of pyridine rings is 1. The smallest absolute Gasteiger partial charge is 0.410 e. The Morgan fingerprint density at radius 1 is 0.831 bits per heavy atom. The molecule has 1 saturated carbocycles. The fourth-order valence-electron chi connectivity index (χ4n) is 9.38. The summed E-state index contributed by atoms with van der Waals surface area (Å²) in [4.78, 5) is 72.9. The number of nitrogens with one attached hydrogen (secondary N) is 4. The Labute approximate surface area is 380 Å². The number of carbonyl (C=O) groups is 5. The zero-order chi connectivity index (χ0) is 46.5. The fourth-order valence-corrected chi connectivity index (χ4v) is 9.38. The number of amides is 4. The van der Waals surface area contributed by atoms with E-state index in [9.17, 15) is 24.0 Å². The van der Waals surface area contributed by atoms with Gasteiger partial charge in [0.1, 0.15) is 22.7 Å². The highest BCUT2D eigenvalue weighted by atomic mass is 16.6. The van der Waals surface area contributed by atoms with Gasteiger partial charge in [0.25, 0.3) is 5.91 Å². The highest BCUT2D eigenvalue weighted by molar-refractivity contribution is 5.96. The first-order chi connectivity index (χ1) is 30.9. The van der Waals surface area contributed by atoms with Gasteiger partial charge in [-0.2, -0.15) is 5.21 Å². The topological polar surface area (TPSA) is 210 Å². The second-order valence-corrected chi connectivity index (χ2v) is 20.0. The van der Waals surface area contributed by atoms with E-state index in [0.29, 0.717) is 55.9 Å². The third-order valence-corrected chi connectivity index (χ3v) is 12.6. The van der Waals surface area contributed by atoms with Crippen molar-refractivity contribution in [2.24, 2.45) is 17.8 Å². The van der Waals surface area contributed by atoms with Crippen LogP contribution >= 0.6 is 0 Å². The van der Waals surface area contributed by atoms with Gasteiger partial charge in [-0.3, -0.25) is 19.4 Å². The average Bonchev–Trinajstić information content (AvgIpc) is 3.89. The summed E-state index contributed by atoms with van der Waals surface area (Å²) in [5.74, 6) is -0.518. The van der Waals surface area contributed by atoms with Gasteiger partial charge in [-0.05, 0) is 164 Å². The van der Waals surface area contributed by atoms with Crippen LogP contribution in [0.15, 0.2) is 60.8 Å². The van der Waals surface area contributed by atoms with Gasteiger partial charge in [0.2, 0.25) is 11.7 Å². The molecule has 1 unspecified atom stereocenters. The minimum atomic E-state index is -0.627. The van der Waals surface area contributed by atoms with E-state index in [1.54, 1.807) is 36.5 Å². The summed E-state index contributed by atoms with van der Waals surface area (Å²) in [6.45, 7) is 13.5. The zero-order valence-electron chi connectivity index (χ0n) is 38.6. The van der Waals surface area contributed by atoms with E-state index in [0.717, 1.165) is 53.5 Å². The predicted molar refractivity (Wildman–Crippen MR) is 245 cm³/mol. The molecule has 4 amide bonds. The molecule has 65 heavy (non-hydrogen) atoms. The number of fused-ring (bicyclic) bond motifs is 2. The normalized spacial score (nSPS) is 21.2. The number of aromatic nitrogens is 5. The van der Waals surface area contributed by atoms with Gasteiger partial charge in [0.05, 0.1) is 0 Å². The first-order valence-corrected chi connectivity index (χ1v) is 22.9. The van der Waals surface area contributed by atoms with Crippen molar-refractivity contribution in [1.82, 2.24) is 41.1 Å². The summed E-state index contributed by atoms with van der Waals surface area (Å²) in [7, 11) is 0. The number of carbonyl (C=O) groups excluding carboxylic acids is 5. The number of alkyl carbamates (subject to hydrolysis) is 1. The van der Waals surface area contributed by atoms with Crippen LogP contribution in [0.4, 0.5) is 15.3 Å². The summed E-state index contributed by atoms with van der Waals surface area (Å²) in [5.41, 5.74) is 4.10. The summed E-state index contributed by atoms with van der Waals surface area (Å²) in [5, 5.41) is 23.2. The maximum Gasteiger partial charge on any atom is 0.410 e. The van der Waals surface area contributed by atoms with Crippen molar-refractivity contribution >= 4 is 35.5 Å². The van der Waals surface area contributed by atoms with Gasteiger partial charge in [-0.1, -0.05) is 24.3 Å². The standard InChI is InChI=1S/C49H63N9O7/c1-29-22-41(45(61)53-37-25-38-20-21-39(26-37)58(38)47(63)65-49(5,6)7)50-28-40(29)32-12-8-30(9-13-32)23-35(44(60)52-36-18-16-34(17-19-36)43-54-56-57-55-43)24-42(59)33-14-10-31(11-15-33)27-51-46(62)64-48(2,3)4/h8-9,12-13,16-19,22,28,31,33,35,37-39H,10-11,14-15,20-21,23-27H2,1-7H3,(H,51,62)(H,52,60)(H,53,61)(H,54,55,56,57)/t31?,33?,35-,37?,38-,39+/m1/s1. The lowest BCUT2D eigenvalue weighted by Crippen LogP contribution is -2.53. The third-order valence-electron chi connectivity index (χ3n) is 12.6. The van der Waals surface area contributed by atoms with Crippen LogP contribution in [0.3, 0.4) is 0 Å². The van der Waals surface area contributed by atoms with Crippen molar-refractivity contribution in [3.05, 3.63) is 77.6 Å². The Morgan fingerprint density at radius 3 is 2.08 bits per heavy atom. The molecule has 0 radical (unpaired) electrons. The largest absolute Gasteiger partial charge is 0.444 e. The Bertz CT molecular complexity index is 2300. The maximum absolute atomic E-state index is 14.0. The molecule has 4 aromatic rings. The van der Waals surface area contributed by atoms with Crippen molar-refractivity contribution in [3.63, 3.8) is 0 Å². The van der Waals surface area contributed by atoms with E-state index in [1.165, 1.54) is 0 Å². The first kappa shape index (κ1) is 46.8. The number of hydrogen-bond donors (Lipinski definition) is 4. The first-order valence-electron chi connectivity index (χ1n) is 22.9. The Kier molecular flexibility index (Phi) is 14.3. The van der Waals surface area contributed by atoms with Gasteiger partial charge >= 0.3 is 12.2 Å². The third kappa shape index (κ3) is 12.5. The summed E-state index contributed by atoms with van der Waals surface area (Å²) < 4.78 is 11.1. The van der Waals surface area contributed by atoms with Gasteiger partial charge in [0.15, 0.2) is 0 Å². The van der Waals surface area contributed by atoms with Crippen LogP contribution in [-0.4, -0.2) is 96.2 Å². The molecule has 16 nitrogen and oxygen atoms in total. The van der Waals surface area contributed by atoms with Crippen LogP contribution in [-0.2, 0) is 25.5 Å². The second kappa shape index (κ2) is 19.9. The number of rotatable bonds is 13. The minimum Gasteiger partial charge on any atom is -0.444 e. The lowest BCUT2D eigenvalue weighted by molar-refractivity contribution is -0.129. The lowest BCUT2D eigenvalue weighted by Gasteiger charge is -2.39. The quantitative estimate of drug-likeness (QED) is 0.101. The summed E-state index contributed by atoms with van der Waals surface area (Å²) in [6.07, 6.45) is 7.58. The average molecular weight is 890 g/mol. The van der Waals surface area contributed by atoms with Crippen molar-refractivity contribution in [1.29, 1.82) is 0 Å². The van der Waals surface area contributed by atoms with Crippen molar-refractivity contribution in [2.75, 3.05) is 11.9 Å². The highest BCUT2D eigenvalue weighted by Crippen LogP contribution is 2.37. The fraction of sp³-hybridized carbons (Fsp3) is 0.531. The second-order valence-electron chi connectivity index (χ2n) is 20.0. The van der Waals surface area contributed by atoms with Crippen LogP contribution in [0.5, 0.6) is 0 Å². The monoisotopic (exact) mass is 889 g/mol. The Morgan fingerprint density at radius 2 is 1.48 bits per heavy atom. The van der Waals surface area contributed by atoms with Crippen LogP contribution in [0.1, 0.15) is 121 Å². The molecule has 4 heterocycles. The van der Waals surface area contributed by atoms with E-state index >= 15 is 0 Å². The van der Waals surface area contributed by atoms with Crippen LogP contribution in [0.2, 0.25) is 0 Å². The molecular formula is C49H63N9O7. The Balaban J connectivity index is 0.973. The molecule has 4 N–H and O–H groups in total. The van der Waals surface area contributed by atoms with E-state index in [-0.39, 0.29) is 60.1 Å². The van der Waals surface area contributed by atoms with E-state index in [1.807, 2.05) is 77.6 Å². The van der Waals surface area contributed by atoms with Gasteiger partial charge in [0, 0.05) is 65.9 Å². The van der Waals surface area contributed by atoms with E-state index in [2.05, 4.69) is 41.6 Å². The molecular weight excluding hydrogens is 827 g/mol. The number of ketones is 1. The number of Topliss-reactive ketones (excluding diaryl/α,β-unsaturated/α-hetero) is 1. The number of nitrogens with zero attached hydrogens (tertiary/aromatic N) is 5. The van der Waals surface area contributed by atoms with Gasteiger partial charge in [-0.15, -0.1) is 10.2 Å². The van der Waals surface area contributed by atoms with Gasteiger partial charge < -0.3 is 30.3 Å². The molecule has 2 aromatic carbocycles. The number of hydrogen-bond acceptors (Lipinski definition) is 11. The van der Waals surface area contributed by atoms with Crippen molar-refractivity contribution < 1.29 is 33.4 Å². The number of anilines is 1. The maximum atomic E-state index is 14.0. The number of aromatic amines is 1. The number of ether oxygens (including phenoxy) is 2. The number of piperidine rings is 1. The summed E-state index contributed by atoms with van der Waals surface area (Å²) >= 11 is 0. The minimum absolute atomic E-state index is 0.0356. The molecule has 16 heteroatoms. The number of H-pyrrole nitrogens is 1. The molecule has 4 atom stereocenters. The van der Waals surface area contributed by atoms with Crippen LogP contribution in [0, 0.1) is 24.7 Å². The molecule has 2 aliphatic heterocycles. The molecule has 3 fully saturated rings. The molecule has 0 spiro atoms. The number of aryl methyl sites for hydroxylation is 1. The molecule has 2 bridgehead atoms. The van der Waals surface area contributed by atoms with E-state index in [4.69, 9.17) is 9.47 Å². The molecule has 1 aliphatic carbocycles. The van der Waals surface area contributed by atoms with Crippen LogP contribution in [0.25, 0.3) is 22.5 Å². The molecule has 2 aromatic heterocycles. The van der Waals surface area contributed by atoms with Crippen molar-refractivity contribution in [3.8, 4) is 22.5 Å². The number of benzene rings is 2. The SMILES string of the molecule is Cc1cc(C(=O)NC2C[C@H]3CC[C@@H](C2)N3C(=O)OC(C)(C)C)ncc1-c1ccc(C[C@H](CC(=O)C2CCC(CNC(=O)OC(C)(C)C)CC2)C(=O)Nc2ccc(-c3nn[nH]n3)cc2)cc1. The molecule has 346 valence electrons. The van der Waals surface area contributed by atoms with Crippen LogP contribution < -0.4 is 16.0 Å².